The Labute approximate surface area is 193 Å². The Kier molecular flexibility index (Phi) is 8.89. The average molecular weight is 482 g/mol. The molecule has 0 atom stereocenters. The largest absolute Gasteiger partial charge is 0.495 e. The number of morpholine rings is 1. The first-order chi connectivity index (χ1) is 15.4. The van der Waals surface area contributed by atoms with Crippen LogP contribution in [0, 0.1) is 0 Å². The lowest BCUT2D eigenvalue weighted by molar-refractivity contribution is 0.0374. The third-order valence-corrected chi connectivity index (χ3v) is 6.81. The van der Waals surface area contributed by atoms with E-state index >= 15 is 0 Å². The minimum absolute atomic E-state index is 0.0839. The summed E-state index contributed by atoms with van der Waals surface area (Å²) >= 11 is 5.87. The molecule has 0 bridgehead atoms. The van der Waals surface area contributed by atoms with Crippen molar-refractivity contribution in [2.75, 3.05) is 46.5 Å². The summed E-state index contributed by atoms with van der Waals surface area (Å²) in [5.41, 5.74) is 1.01. The fourth-order valence-electron chi connectivity index (χ4n) is 3.32. The summed E-state index contributed by atoms with van der Waals surface area (Å²) in [7, 11) is -2.53. The minimum atomic E-state index is -3.91. The van der Waals surface area contributed by atoms with Gasteiger partial charge >= 0.3 is 0 Å². The average Bonchev–Trinajstić information content (AvgIpc) is 2.81. The Morgan fingerprint density at radius 3 is 2.56 bits per heavy atom. The molecule has 1 heterocycles. The van der Waals surface area contributed by atoms with Crippen LogP contribution in [0.3, 0.4) is 0 Å². The molecule has 0 radical (unpaired) electrons. The molecule has 1 aliphatic heterocycles. The fraction of sp³-hybridized carbons (Fsp3) is 0.409. The number of nitrogens with zero attached hydrogens (tertiary/aromatic N) is 1. The van der Waals surface area contributed by atoms with Crippen molar-refractivity contribution in [3.05, 3.63) is 58.6 Å². The van der Waals surface area contributed by atoms with Crippen molar-refractivity contribution < 1.29 is 22.7 Å². The monoisotopic (exact) mass is 481 g/mol. The van der Waals surface area contributed by atoms with Gasteiger partial charge < -0.3 is 14.8 Å². The van der Waals surface area contributed by atoms with Crippen molar-refractivity contribution in [3.63, 3.8) is 0 Å². The van der Waals surface area contributed by atoms with Crippen LogP contribution in [0.4, 0.5) is 0 Å². The summed E-state index contributed by atoms with van der Waals surface area (Å²) < 4.78 is 38.9. The number of nitrogens with one attached hydrogen (secondary N) is 2. The van der Waals surface area contributed by atoms with Gasteiger partial charge in [-0.25, -0.2) is 13.1 Å². The first-order valence-corrected chi connectivity index (χ1v) is 12.3. The number of methoxy groups -OCH3 is 1. The Morgan fingerprint density at radius 2 is 1.88 bits per heavy atom. The Balaban J connectivity index is 1.61. The van der Waals surface area contributed by atoms with Crippen LogP contribution < -0.4 is 14.8 Å². The lowest BCUT2D eigenvalue weighted by Crippen LogP contribution is -2.38. The predicted molar refractivity (Wildman–Crippen MR) is 123 cm³/mol. The van der Waals surface area contributed by atoms with Gasteiger partial charge in [-0.2, -0.15) is 0 Å². The molecule has 1 aliphatic rings. The predicted octanol–water partition coefficient (Wildman–Crippen LogP) is 2.28. The summed E-state index contributed by atoms with van der Waals surface area (Å²) in [5, 5.41) is 3.42. The molecule has 0 unspecified atom stereocenters. The molecule has 0 aromatic heterocycles. The Hall–Kier alpha value is -2.17. The molecule has 8 nitrogen and oxygen atoms in total. The lowest BCUT2D eigenvalue weighted by atomic mass is 10.2. The van der Waals surface area contributed by atoms with Crippen molar-refractivity contribution in [2.45, 2.75) is 17.9 Å². The first kappa shape index (κ1) is 24.5. The zero-order valence-electron chi connectivity index (χ0n) is 18.0. The topological polar surface area (TPSA) is 97.0 Å². The van der Waals surface area contributed by atoms with Gasteiger partial charge in [0, 0.05) is 36.8 Å². The van der Waals surface area contributed by atoms with Gasteiger partial charge in [-0.1, -0.05) is 23.7 Å². The van der Waals surface area contributed by atoms with Crippen molar-refractivity contribution >= 4 is 27.5 Å². The summed E-state index contributed by atoms with van der Waals surface area (Å²) in [6.07, 6.45) is 0.801. The smallest absolute Gasteiger partial charge is 0.251 e. The van der Waals surface area contributed by atoms with E-state index in [0.29, 0.717) is 11.6 Å². The highest BCUT2D eigenvalue weighted by Gasteiger charge is 2.21. The molecular formula is C22H28ClN3O5S. The van der Waals surface area contributed by atoms with E-state index in [0.717, 1.165) is 44.8 Å². The molecule has 0 aliphatic carbocycles. The Bertz CT molecular complexity index is 1010. The highest BCUT2D eigenvalue weighted by molar-refractivity contribution is 7.89. The number of ether oxygens (including phenoxy) is 2. The molecule has 10 heteroatoms. The van der Waals surface area contributed by atoms with Crippen LogP contribution in [0.5, 0.6) is 5.75 Å². The number of carbonyl (C=O) groups is 1. The molecule has 1 amide bonds. The zero-order chi connectivity index (χ0) is 23.0. The molecule has 0 saturated carbocycles. The molecule has 2 N–H and O–H groups in total. The number of benzene rings is 2. The molecule has 2 aromatic carbocycles. The molecule has 1 fully saturated rings. The van der Waals surface area contributed by atoms with Gasteiger partial charge in [0.1, 0.15) is 10.6 Å². The maximum atomic E-state index is 12.9. The minimum Gasteiger partial charge on any atom is -0.495 e. The summed E-state index contributed by atoms with van der Waals surface area (Å²) in [6.45, 7) is 4.73. The summed E-state index contributed by atoms with van der Waals surface area (Å²) in [4.78, 5) is 14.8. The second kappa shape index (κ2) is 11.6. The zero-order valence-corrected chi connectivity index (χ0v) is 19.5. The van der Waals surface area contributed by atoms with Gasteiger partial charge in [0.2, 0.25) is 10.0 Å². The van der Waals surface area contributed by atoms with Crippen molar-refractivity contribution in [1.82, 2.24) is 14.9 Å². The summed E-state index contributed by atoms with van der Waals surface area (Å²) in [6, 6.07) is 11.2. The van der Waals surface area contributed by atoms with E-state index in [1.807, 2.05) is 0 Å². The maximum Gasteiger partial charge on any atom is 0.251 e. The van der Waals surface area contributed by atoms with E-state index in [9.17, 15) is 13.2 Å². The van der Waals surface area contributed by atoms with Crippen LogP contribution in [-0.4, -0.2) is 65.7 Å². The number of amides is 1. The van der Waals surface area contributed by atoms with E-state index in [1.165, 1.54) is 19.2 Å². The van der Waals surface area contributed by atoms with E-state index in [1.54, 1.807) is 30.3 Å². The van der Waals surface area contributed by atoms with Gasteiger partial charge in [-0.05, 0) is 48.9 Å². The van der Waals surface area contributed by atoms with E-state index in [2.05, 4.69) is 14.9 Å². The van der Waals surface area contributed by atoms with Crippen LogP contribution in [0.15, 0.2) is 47.4 Å². The number of carbonyl (C=O) groups excluding carboxylic acids is 1. The van der Waals surface area contributed by atoms with Crippen molar-refractivity contribution in [1.29, 1.82) is 0 Å². The molecule has 174 valence electrons. The van der Waals surface area contributed by atoms with E-state index in [-0.39, 0.29) is 28.7 Å². The number of rotatable bonds is 10. The van der Waals surface area contributed by atoms with Gasteiger partial charge in [0.25, 0.3) is 5.91 Å². The second-order valence-corrected chi connectivity index (χ2v) is 9.55. The number of hydrogen-bond acceptors (Lipinski definition) is 6. The lowest BCUT2D eigenvalue weighted by Gasteiger charge is -2.26. The van der Waals surface area contributed by atoms with Crippen molar-refractivity contribution in [3.8, 4) is 5.75 Å². The second-order valence-electron chi connectivity index (χ2n) is 7.38. The molecule has 32 heavy (non-hydrogen) atoms. The highest BCUT2D eigenvalue weighted by atomic mass is 35.5. The summed E-state index contributed by atoms with van der Waals surface area (Å²) in [5.74, 6) is -0.166. The quantitative estimate of drug-likeness (QED) is 0.505. The molecule has 0 spiro atoms. The standard InChI is InChI=1S/C22H28ClN3O5S/c1-30-20-8-5-18(22(27)24-9-2-10-26-11-13-31-14-12-26)15-21(20)32(28,29)25-16-17-3-6-19(23)7-4-17/h3-8,15,25H,2,9-14,16H2,1H3,(H,24,27). The van der Waals surface area contributed by atoms with Crippen LogP contribution in [0.25, 0.3) is 0 Å². The normalized spacial score (nSPS) is 14.8. The third-order valence-electron chi connectivity index (χ3n) is 5.14. The molecular weight excluding hydrogens is 454 g/mol. The Morgan fingerprint density at radius 1 is 1.16 bits per heavy atom. The van der Waals surface area contributed by atoms with Gasteiger partial charge in [-0.15, -0.1) is 0 Å². The SMILES string of the molecule is COc1ccc(C(=O)NCCCN2CCOCC2)cc1S(=O)(=O)NCc1ccc(Cl)cc1. The van der Waals surface area contributed by atoms with E-state index < -0.39 is 10.0 Å². The molecule has 2 aromatic rings. The van der Waals surface area contributed by atoms with Gasteiger partial charge in [0.15, 0.2) is 0 Å². The van der Waals surface area contributed by atoms with Gasteiger partial charge in [-0.3, -0.25) is 9.69 Å². The van der Waals surface area contributed by atoms with Crippen molar-refractivity contribution in [2.24, 2.45) is 0 Å². The number of halogens is 1. The first-order valence-electron chi connectivity index (χ1n) is 10.4. The van der Waals surface area contributed by atoms with Crippen LogP contribution in [0.2, 0.25) is 5.02 Å². The van der Waals surface area contributed by atoms with Crippen LogP contribution in [-0.2, 0) is 21.3 Å². The number of sulfonamides is 1. The fourth-order valence-corrected chi connectivity index (χ4v) is 4.65. The molecule has 3 rings (SSSR count). The van der Waals surface area contributed by atoms with Crippen LogP contribution >= 0.6 is 11.6 Å². The van der Waals surface area contributed by atoms with E-state index in [4.69, 9.17) is 21.1 Å². The third kappa shape index (κ3) is 6.91. The van der Waals surface area contributed by atoms with Crippen LogP contribution in [0.1, 0.15) is 22.3 Å². The molecule has 1 saturated heterocycles. The number of hydrogen-bond donors (Lipinski definition) is 2. The highest BCUT2D eigenvalue weighted by Crippen LogP contribution is 2.25. The van der Waals surface area contributed by atoms with Gasteiger partial charge in [0.05, 0.1) is 20.3 Å². The maximum absolute atomic E-state index is 12.9.